The van der Waals surface area contributed by atoms with Gasteiger partial charge in [-0.05, 0) is 19.3 Å². The van der Waals surface area contributed by atoms with E-state index in [0.29, 0.717) is 12.5 Å². The number of aromatic nitrogens is 2. The second-order valence-electron chi connectivity index (χ2n) is 5.36. The van der Waals surface area contributed by atoms with Gasteiger partial charge in [0.2, 0.25) is 5.89 Å². The van der Waals surface area contributed by atoms with Crippen molar-refractivity contribution in [2.75, 3.05) is 13.2 Å². The summed E-state index contributed by atoms with van der Waals surface area (Å²) in [5, 5.41) is 14.2. The highest BCUT2D eigenvalue weighted by Crippen LogP contribution is 2.32. The summed E-state index contributed by atoms with van der Waals surface area (Å²) < 4.78 is 10.7. The first-order valence-electron chi connectivity index (χ1n) is 6.94. The fraction of sp³-hybridized carbons (Fsp3) is 0.846. The van der Waals surface area contributed by atoms with Crippen molar-refractivity contribution in [1.82, 2.24) is 10.1 Å². The molecule has 0 spiro atoms. The third kappa shape index (κ3) is 2.42. The topological polar surface area (TPSA) is 68.4 Å². The molecule has 1 saturated heterocycles. The lowest BCUT2D eigenvalue weighted by Gasteiger charge is -2.15. The smallest absolute Gasteiger partial charge is 0.232 e. The highest BCUT2D eigenvalue weighted by molar-refractivity contribution is 5.02. The fourth-order valence-corrected chi connectivity index (χ4v) is 2.88. The first kappa shape index (κ1) is 12.1. The number of hydrogen-bond donors (Lipinski definition) is 1. The van der Waals surface area contributed by atoms with E-state index in [9.17, 15) is 5.11 Å². The number of nitrogens with zero attached hydrogens (tertiary/aromatic N) is 2. The van der Waals surface area contributed by atoms with Gasteiger partial charge in [-0.1, -0.05) is 24.4 Å². The van der Waals surface area contributed by atoms with Gasteiger partial charge in [-0.25, -0.2) is 0 Å². The zero-order valence-corrected chi connectivity index (χ0v) is 10.5. The van der Waals surface area contributed by atoms with Crippen molar-refractivity contribution in [3.8, 4) is 0 Å². The average molecular weight is 252 g/mol. The van der Waals surface area contributed by atoms with Gasteiger partial charge in [0.05, 0.1) is 18.6 Å². The molecule has 1 aliphatic carbocycles. The SMILES string of the molecule is OC1CCCCCC1c1nc(C2CCOC2)no1. The van der Waals surface area contributed by atoms with Crippen LogP contribution in [0.15, 0.2) is 4.52 Å². The third-order valence-corrected chi connectivity index (χ3v) is 4.05. The summed E-state index contributed by atoms with van der Waals surface area (Å²) in [7, 11) is 0. The van der Waals surface area contributed by atoms with E-state index in [0.717, 1.165) is 44.5 Å². The molecule has 3 rings (SSSR count). The minimum absolute atomic E-state index is 0.0241. The van der Waals surface area contributed by atoms with Gasteiger partial charge in [0, 0.05) is 12.5 Å². The van der Waals surface area contributed by atoms with Gasteiger partial charge in [-0.2, -0.15) is 4.98 Å². The Hall–Kier alpha value is -0.940. The molecule has 0 aromatic carbocycles. The van der Waals surface area contributed by atoms with Crippen molar-refractivity contribution in [1.29, 1.82) is 0 Å². The average Bonchev–Trinajstić information content (AvgIpc) is 3.00. The van der Waals surface area contributed by atoms with Crippen LogP contribution in [0.1, 0.15) is 62.1 Å². The van der Waals surface area contributed by atoms with Crippen LogP contribution in [0.5, 0.6) is 0 Å². The minimum Gasteiger partial charge on any atom is -0.392 e. The molecule has 2 heterocycles. The van der Waals surface area contributed by atoms with Crippen molar-refractivity contribution < 1.29 is 14.4 Å². The molecular formula is C13H20N2O3. The van der Waals surface area contributed by atoms with E-state index < -0.39 is 0 Å². The van der Waals surface area contributed by atoms with Crippen LogP contribution in [-0.4, -0.2) is 34.6 Å². The van der Waals surface area contributed by atoms with Crippen molar-refractivity contribution in [2.24, 2.45) is 0 Å². The van der Waals surface area contributed by atoms with Crippen molar-refractivity contribution in [3.63, 3.8) is 0 Å². The number of hydrogen-bond acceptors (Lipinski definition) is 5. The summed E-state index contributed by atoms with van der Waals surface area (Å²) in [5.74, 6) is 1.66. The highest BCUT2D eigenvalue weighted by atomic mass is 16.5. The molecule has 0 radical (unpaired) electrons. The van der Waals surface area contributed by atoms with Crippen molar-refractivity contribution >= 4 is 0 Å². The Morgan fingerprint density at radius 2 is 2.00 bits per heavy atom. The Labute approximate surface area is 107 Å². The lowest BCUT2D eigenvalue weighted by Crippen LogP contribution is -2.17. The van der Waals surface area contributed by atoms with Crippen LogP contribution >= 0.6 is 0 Å². The molecule has 1 aromatic heterocycles. The summed E-state index contributed by atoms with van der Waals surface area (Å²) in [6.07, 6.45) is 5.83. The molecule has 0 amide bonds. The minimum atomic E-state index is -0.333. The first-order valence-corrected chi connectivity index (χ1v) is 6.94. The Balaban J connectivity index is 1.74. The van der Waals surface area contributed by atoms with Crippen LogP contribution < -0.4 is 0 Å². The van der Waals surface area contributed by atoms with Gasteiger partial charge in [0.15, 0.2) is 5.82 Å². The summed E-state index contributed by atoms with van der Waals surface area (Å²) in [6, 6.07) is 0. The molecule has 100 valence electrons. The molecular weight excluding hydrogens is 232 g/mol. The van der Waals surface area contributed by atoms with Crippen molar-refractivity contribution in [3.05, 3.63) is 11.7 Å². The van der Waals surface area contributed by atoms with Crippen molar-refractivity contribution in [2.45, 2.75) is 56.5 Å². The van der Waals surface area contributed by atoms with Crippen LogP contribution in [0.4, 0.5) is 0 Å². The molecule has 18 heavy (non-hydrogen) atoms. The van der Waals surface area contributed by atoms with E-state index >= 15 is 0 Å². The number of ether oxygens (including phenoxy) is 1. The molecule has 0 bridgehead atoms. The van der Waals surface area contributed by atoms with Gasteiger partial charge >= 0.3 is 0 Å². The number of aliphatic hydroxyl groups excluding tert-OH is 1. The molecule has 5 nitrogen and oxygen atoms in total. The van der Waals surface area contributed by atoms with E-state index in [1.807, 2.05) is 0 Å². The van der Waals surface area contributed by atoms with Gasteiger partial charge < -0.3 is 14.4 Å². The Morgan fingerprint density at radius 3 is 2.83 bits per heavy atom. The van der Waals surface area contributed by atoms with E-state index in [1.54, 1.807) is 0 Å². The van der Waals surface area contributed by atoms with Crippen LogP contribution in [0, 0.1) is 0 Å². The van der Waals surface area contributed by atoms with E-state index in [2.05, 4.69) is 10.1 Å². The standard InChI is InChI=1S/C13H20N2O3/c16-11-5-3-1-2-4-10(11)13-14-12(15-18-13)9-6-7-17-8-9/h9-11,16H,1-8H2. The molecule has 5 heteroatoms. The van der Waals surface area contributed by atoms with Gasteiger partial charge in [0.1, 0.15) is 0 Å². The largest absolute Gasteiger partial charge is 0.392 e. The highest BCUT2D eigenvalue weighted by Gasteiger charge is 2.30. The predicted octanol–water partition coefficient (Wildman–Crippen LogP) is 1.98. The fourth-order valence-electron chi connectivity index (χ4n) is 2.88. The molecule has 3 atom stereocenters. The Kier molecular flexibility index (Phi) is 3.61. The lowest BCUT2D eigenvalue weighted by molar-refractivity contribution is 0.119. The Bertz CT molecular complexity index is 387. The van der Waals surface area contributed by atoms with Gasteiger partial charge in [0.25, 0.3) is 0 Å². The molecule has 2 fully saturated rings. The number of aliphatic hydroxyl groups is 1. The van der Waals surface area contributed by atoms with Gasteiger partial charge in [-0.15, -0.1) is 0 Å². The maximum Gasteiger partial charge on any atom is 0.232 e. The second-order valence-corrected chi connectivity index (χ2v) is 5.36. The maximum atomic E-state index is 10.1. The maximum absolute atomic E-state index is 10.1. The lowest BCUT2D eigenvalue weighted by atomic mass is 9.97. The summed E-state index contributed by atoms with van der Waals surface area (Å²) >= 11 is 0. The molecule has 1 aromatic rings. The summed E-state index contributed by atoms with van der Waals surface area (Å²) in [5.41, 5.74) is 0. The van der Waals surface area contributed by atoms with Crippen LogP contribution in [0.2, 0.25) is 0 Å². The zero-order valence-electron chi connectivity index (χ0n) is 10.5. The Morgan fingerprint density at radius 1 is 1.11 bits per heavy atom. The summed E-state index contributed by atoms with van der Waals surface area (Å²) in [6.45, 7) is 1.47. The summed E-state index contributed by atoms with van der Waals surface area (Å²) in [4.78, 5) is 4.49. The van der Waals surface area contributed by atoms with Crippen LogP contribution in [0.3, 0.4) is 0 Å². The molecule has 1 aliphatic heterocycles. The second kappa shape index (κ2) is 5.36. The molecule has 2 aliphatic rings. The van der Waals surface area contributed by atoms with E-state index in [4.69, 9.17) is 9.26 Å². The zero-order chi connectivity index (χ0) is 12.4. The van der Waals surface area contributed by atoms with Gasteiger partial charge in [-0.3, -0.25) is 0 Å². The molecule has 1 N–H and O–H groups in total. The monoisotopic (exact) mass is 252 g/mol. The first-order chi connectivity index (χ1) is 8.84. The van der Waals surface area contributed by atoms with E-state index in [1.165, 1.54) is 6.42 Å². The quantitative estimate of drug-likeness (QED) is 0.815. The third-order valence-electron chi connectivity index (χ3n) is 4.05. The predicted molar refractivity (Wildman–Crippen MR) is 64.3 cm³/mol. The normalized spacial score (nSPS) is 33.5. The number of rotatable bonds is 2. The molecule has 1 saturated carbocycles. The van der Waals surface area contributed by atoms with Crippen LogP contribution in [-0.2, 0) is 4.74 Å². The van der Waals surface area contributed by atoms with E-state index in [-0.39, 0.29) is 17.9 Å². The molecule has 3 unspecified atom stereocenters. The van der Waals surface area contributed by atoms with Crippen LogP contribution in [0.25, 0.3) is 0 Å².